The zero-order valence-corrected chi connectivity index (χ0v) is 13.4. The van der Waals surface area contributed by atoms with Crippen molar-refractivity contribution in [1.29, 1.82) is 0 Å². The van der Waals surface area contributed by atoms with Crippen molar-refractivity contribution in [2.45, 2.75) is 5.92 Å². The van der Waals surface area contributed by atoms with Gasteiger partial charge in [-0.15, -0.1) is 9.79 Å². The third kappa shape index (κ3) is 5.74. The summed E-state index contributed by atoms with van der Waals surface area (Å²) in [6.45, 7) is 0. The van der Waals surface area contributed by atoms with Crippen LogP contribution in [-0.4, -0.2) is 34.7 Å². The largest absolute Gasteiger partial charge is 0.692 e. The lowest BCUT2D eigenvalue weighted by atomic mass is 9.90. The highest BCUT2D eigenvalue weighted by Gasteiger charge is 2.23. The third-order valence-electron chi connectivity index (χ3n) is 2.95. The van der Waals surface area contributed by atoms with Crippen LogP contribution in [0.2, 0.25) is 0 Å². The van der Waals surface area contributed by atoms with E-state index in [0.29, 0.717) is 0 Å². The number of carbonyl (C=O) groups is 1. The molecule has 0 spiro atoms. The Kier molecular flexibility index (Phi) is 7.40. The predicted octanol–water partition coefficient (Wildman–Crippen LogP) is 2.54. The second-order valence-electron chi connectivity index (χ2n) is 4.74. The van der Waals surface area contributed by atoms with E-state index in [1.807, 2.05) is 60.7 Å². The summed E-state index contributed by atoms with van der Waals surface area (Å²) in [5.41, 5.74) is 2.06. The van der Waals surface area contributed by atoms with Gasteiger partial charge in [0.05, 0.1) is 5.92 Å². The molecule has 0 bridgehead atoms. The van der Waals surface area contributed by atoms with Gasteiger partial charge in [0.15, 0.2) is 0 Å². The Morgan fingerprint density at radius 2 is 1.23 bits per heavy atom. The zero-order chi connectivity index (χ0) is 16.5. The van der Waals surface area contributed by atoms with E-state index in [1.54, 1.807) is 19.0 Å². The molecule has 0 aliphatic rings. The maximum Gasteiger partial charge on any atom is 0.692 e. The van der Waals surface area contributed by atoms with E-state index in [4.69, 9.17) is 14.4 Å². The highest BCUT2D eigenvalue weighted by Crippen LogP contribution is 2.25. The first-order valence-corrected chi connectivity index (χ1v) is 7.76. The molecule has 0 unspecified atom stereocenters. The zero-order valence-electron chi connectivity index (χ0n) is 12.5. The number of hydrogen-bond donors (Lipinski definition) is 2. The van der Waals surface area contributed by atoms with E-state index in [1.165, 1.54) is 0 Å². The summed E-state index contributed by atoms with van der Waals surface area (Å²) in [5.74, 6) is -0.116. The number of amides is 1. The molecule has 0 saturated heterocycles. The van der Waals surface area contributed by atoms with E-state index in [9.17, 15) is 4.79 Å². The second kappa shape index (κ2) is 9.05. The van der Waals surface area contributed by atoms with Crippen LogP contribution in [0.3, 0.4) is 0 Å². The summed E-state index contributed by atoms with van der Waals surface area (Å²) < 4.78 is 8.70. The summed E-state index contributed by atoms with van der Waals surface area (Å²) in [6, 6.07) is 19.8. The van der Waals surface area contributed by atoms with Crippen LogP contribution in [0, 0.1) is 0 Å². The number of hydrogen-bond acceptors (Lipinski definition) is 2. The van der Waals surface area contributed by atoms with Crippen molar-refractivity contribution >= 4 is 14.2 Å². The number of carbonyl (C=O) groups excluding carboxylic acids is 1. The van der Waals surface area contributed by atoms with Gasteiger partial charge in [0.2, 0.25) is 5.91 Å². The fourth-order valence-corrected chi connectivity index (χ4v) is 2.03. The summed E-state index contributed by atoms with van der Waals surface area (Å²) >= 11 is 0. The van der Waals surface area contributed by atoms with E-state index in [-0.39, 0.29) is 11.8 Å². The minimum Gasteiger partial charge on any atom is -0.348 e. The molecule has 0 aliphatic carbocycles. The van der Waals surface area contributed by atoms with Crippen molar-refractivity contribution in [2.24, 2.45) is 0 Å². The van der Waals surface area contributed by atoms with Crippen molar-refractivity contribution in [2.75, 3.05) is 14.1 Å². The van der Waals surface area contributed by atoms with Crippen LogP contribution in [0.15, 0.2) is 60.7 Å². The first kappa shape index (κ1) is 18.0. The lowest BCUT2D eigenvalue weighted by molar-refractivity contribution is -0.129. The lowest BCUT2D eigenvalue weighted by Gasteiger charge is -2.21. The standard InChI is InChI=1S/C16H17NO.HO3P/c1-17(2)16(18)15(13-9-5-3-6-10-13)14-11-7-4-8-12-14;1-4(2)3/h3-12,15H,1-2H3;(H-,1,2,3)/p+1. The SMILES string of the molecule is CN(C)C(=O)C(c1ccccc1)c1ccccc1.O=[P+](O)O. The van der Waals surface area contributed by atoms with Crippen molar-refractivity contribution in [3.63, 3.8) is 0 Å². The molecule has 2 rings (SSSR count). The average Bonchev–Trinajstić information content (AvgIpc) is 2.49. The van der Waals surface area contributed by atoms with Gasteiger partial charge >= 0.3 is 8.25 Å². The Labute approximate surface area is 130 Å². The number of likely N-dealkylation sites (N-methyl/N-ethyl adjacent to an activating group) is 1. The van der Waals surface area contributed by atoms with Gasteiger partial charge in [-0.2, -0.15) is 0 Å². The molecule has 6 heteroatoms. The molecular weight excluding hydrogens is 301 g/mol. The van der Waals surface area contributed by atoms with E-state index >= 15 is 0 Å². The van der Waals surface area contributed by atoms with Crippen molar-refractivity contribution in [3.8, 4) is 0 Å². The molecular formula is C16H19NO4P+. The molecule has 0 radical (unpaired) electrons. The molecule has 2 aromatic carbocycles. The summed E-state index contributed by atoms with van der Waals surface area (Å²) in [4.78, 5) is 28.3. The van der Waals surface area contributed by atoms with E-state index in [0.717, 1.165) is 11.1 Å². The highest BCUT2D eigenvalue weighted by molar-refractivity contribution is 7.30. The van der Waals surface area contributed by atoms with Crippen molar-refractivity contribution in [3.05, 3.63) is 71.8 Å². The van der Waals surface area contributed by atoms with E-state index in [2.05, 4.69) is 0 Å². The van der Waals surface area contributed by atoms with Gasteiger partial charge in [-0.1, -0.05) is 60.7 Å². The predicted molar refractivity (Wildman–Crippen MR) is 85.5 cm³/mol. The van der Waals surface area contributed by atoms with Crippen LogP contribution in [0.4, 0.5) is 0 Å². The highest BCUT2D eigenvalue weighted by atomic mass is 31.1. The molecule has 116 valence electrons. The van der Waals surface area contributed by atoms with Gasteiger partial charge in [0, 0.05) is 18.7 Å². The van der Waals surface area contributed by atoms with Crippen LogP contribution >= 0.6 is 8.25 Å². The summed E-state index contributed by atoms with van der Waals surface area (Å²) in [5, 5.41) is 0. The minimum absolute atomic E-state index is 0.104. The first-order chi connectivity index (χ1) is 10.4. The Balaban J connectivity index is 0.000000541. The van der Waals surface area contributed by atoms with Gasteiger partial charge in [0.25, 0.3) is 0 Å². The van der Waals surface area contributed by atoms with Crippen LogP contribution in [0.25, 0.3) is 0 Å². The molecule has 22 heavy (non-hydrogen) atoms. The average molecular weight is 320 g/mol. The van der Waals surface area contributed by atoms with Crippen LogP contribution < -0.4 is 0 Å². The van der Waals surface area contributed by atoms with Crippen molar-refractivity contribution < 1.29 is 19.1 Å². The van der Waals surface area contributed by atoms with Gasteiger partial charge in [-0.25, -0.2) is 0 Å². The lowest BCUT2D eigenvalue weighted by Crippen LogP contribution is -2.28. The normalized spacial score (nSPS) is 9.68. The van der Waals surface area contributed by atoms with Gasteiger partial charge in [-0.05, 0) is 11.1 Å². The maximum atomic E-state index is 12.4. The number of nitrogens with zero attached hydrogens (tertiary/aromatic N) is 1. The summed E-state index contributed by atoms with van der Waals surface area (Å²) in [7, 11) is 0.715. The van der Waals surface area contributed by atoms with Gasteiger partial charge in [0.1, 0.15) is 0 Å². The molecule has 5 nitrogen and oxygen atoms in total. The number of benzene rings is 2. The number of rotatable bonds is 3. The molecule has 0 saturated carbocycles. The fourth-order valence-electron chi connectivity index (χ4n) is 2.03. The van der Waals surface area contributed by atoms with Crippen LogP contribution in [0.1, 0.15) is 17.0 Å². The van der Waals surface area contributed by atoms with Gasteiger partial charge in [-0.3, -0.25) is 4.79 Å². The quantitative estimate of drug-likeness (QED) is 0.852. The van der Waals surface area contributed by atoms with E-state index < -0.39 is 8.25 Å². The maximum absolute atomic E-state index is 12.4. The minimum atomic E-state index is -2.87. The van der Waals surface area contributed by atoms with Crippen molar-refractivity contribution in [1.82, 2.24) is 4.90 Å². The molecule has 0 aromatic heterocycles. The molecule has 0 aliphatic heterocycles. The topological polar surface area (TPSA) is 77.8 Å². The molecule has 2 N–H and O–H groups in total. The Morgan fingerprint density at radius 3 is 1.50 bits per heavy atom. The van der Waals surface area contributed by atoms with Gasteiger partial charge < -0.3 is 4.90 Å². The van der Waals surface area contributed by atoms with Crippen LogP contribution in [0.5, 0.6) is 0 Å². The third-order valence-corrected chi connectivity index (χ3v) is 2.95. The smallest absolute Gasteiger partial charge is 0.348 e. The summed E-state index contributed by atoms with van der Waals surface area (Å²) in [6.07, 6.45) is 0. The molecule has 0 atom stereocenters. The monoisotopic (exact) mass is 320 g/mol. The van der Waals surface area contributed by atoms with Crippen LogP contribution in [-0.2, 0) is 9.36 Å². The first-order valence-electron chi connectivity index (χ1n) is 6.59. The Morgan fingerprint density at radius 1 is 0.909 bits per heavy atom. The molecule has 1 amide bonds. The molecule has 0 fully saturated rings. The fraction of sp³-hybridized carbons (Fsp3) is 0.188. The Hall–Kier alpha value is -2.07. The molecule has 0 heterocycles. The molecule has 2 aromatic rings. The second-order valence-corrected chi connectivity index (χ2v) is 5.25. The Bertz CT molecular complexity index is 559.